The molecule has 1 saturated heterocycles. The molecule has 2 amide bonds. The highest BCUT2D eigenvalue weighted by Gasteiger charge is 2.22. The number of benzene rings is 1. The summed E-state index contributed by atoms with van der Waals surface area (Å²) < 4.78 is 0. The van der Waals surface area contributed by atoms with Gasteiger partial charge in [0, 0.05) is 32.1 Å². The first kappa shape index (κ1) is 17.3. The van der Waals surface area contributed by atoms with Crippen molar-refractivity contribution in [2.75, 3.05) is 19.6 Å². The number of nitrogens with one attached hydrogen (secondary N) is 1. The molecule has 1 atom stereocenters. The van der Waals surface area contributed by atoms with E-state index < -0.39 is 0 Å². The van der Waals surface area contributed by atoms with Crippen LogP contribution in [0.4, 0.5) is 0 Å². The molecule has 1 unspecified atom stereocenters. The van der Waals surface area contributed by atoms with Crippen LogP contribution in [-0.2, 0) is 9.59 Å². The molecule has 1 heterocycles. The minimum Gasteiger partial charge on any atom is -0.356 e. The fourth-order valence-corrected chi connectivity index (χ4v) is 2.84. The molecular weight excluding hydrogens is 288 g/mol. The first-order chi connectivity index (χ1) is 11.2. The standard InChI is InChI=1S/C19H26N2O2/c1-2-7-18(22)20-14-17-10-6-13-21(15-17)19(23)12-11-16-8-4-3-5-9-16/h3-5,8-9,11-12,17H,2,6-7,10,13-15H2,1H3,(H,20,22). The van der Waals surface area contributed by atoms with E-state index in [1.165, 1.54) is 0 Å². The Balaban J connectivity index is 1.81. The first-order valence-electron chi connectivity index (χ1n) is 8.47. The van der Waals surface area contributed by atoms with E-state index in [4.69, 9.17) is 0 Å². The van der Waals surface area contributed by atoms with Crippen LogP contribution < -0.4 is 5.32 Å². The lowest BCUT2D eigenvalue weighted by molar-refractivity contribution is -0.127. The molecule has 4 nitrogen and oxygen atoms in total. The van der Waals surface area contributed by atoms with Gasteiger partial charge in [0.2, 0.25) is 11.8 Å². The van der Waals surface area contributed by atoms with Crippen molar-refractivity contribution in [3.05, 3.63) is 42.0 Å². The average molecular weight is 314 g/mol. The van der Waals surface area contributed by atoms with Gasteiger partial charge in [0.1, 0.15) is 0 Å². The zero-order valence-corrected chi connectivity index (χ0v) is 13.8. The molecule has 23 heavy (non-hydrogen) atoms. The number of hydrogen-bond donors (Lipinski definition) is 1. The lowest BCUT2D eigenvalue weighted by Crippen LogP contribution is -2.43. The fourth-order valence-electron chi connectivity index (χ4n) is 2.84. The molecule has 0 bridgehead atoms. The highest BCUT2D eigenvalue weighted by molar-refractivity contribution is 5.91. The van der Waals surface area contributed by atoms with E-state index in [-0.39, 0.29) is 11.8 Å². The van der Waals surface area contributed by atoms with Crippen molar-refractivity contribution in [2.24, 2.45) is 5.92 Å². The number of rotatable bonds is 6. The molecule has 1 aliphatic heterocycles. The summed E-state index contributed by atoms with van der Waals surface area (Å²) in [5.74, 6) is 0.525. The van der Waals surface area contributed by atoms with Crippen LogP contribution in [0.2, 0.25) is 0 Å². The molecule has 1 N–H and O–H groups in total. The normalized spacial score (nSPS) is 18.1. The second-order valence-corrected chi connectivity index (χ2v) is 6.09. The monoisotopic (exact) mass is 314 g/mol. The minimum atomic E-state index is 0.0541. The van der Waals surface area contributed by atoms with Crippen LogP contribution in [0.3, 0.4) is 0 Å². The predicted octanol–water partition coefficient (Wildman–Crippen LogP) is 2.85. The average Bonchev–Trinajstić information content (AvgIpc) is 2.59. The van der Waals surface area contributed by atoms with E-state index in [0.717, 1.165) is 37.9 Å². The highest BCUT2D eigenvalue weighted by atomic mass is 16.2. The van der Waals surface area contributed by atoms with Crippen LogP contribution in [-0.4, -0.2) is 36.3 Å². The molecule has 124 valence electrons. The maximum absolute atomic E-state index is 12.3. The van der Waals surface area contributed by atoms with Crippen molar-refractivity contribution in [1.29, 1.82) is 0 Å². The van der Waals surface area contributed by atoms with Crippen molar-refractivity contribution in [2.45, 2.75) is 32.6 Å². The molecule has 0 radical (unpaired) electrons. The van der Waals surface area contributed by atoms with Crippen molar-refractivity contribution in [1.82, 2.24) is 10.2 Å². The SMILES string of the molecule is CCCC(=O)NCC1CCCN(C(=O)C=Cc2ccccc2)C1. The summed E-state index contributed by atoms with van der Waals surface area (Å²) >= 11 is 0. The quantitative estimate of drug-likeness (QED) is 0.821. The van der Waals surface area contributed by atoms with Crippen molar-refractivity contribution < 1.29 is 9.59 Å². The van der Waals surface area contributed by atoms with Crippen LogP contribution >= 0.6 is 0 Å². The number of carbonyl (C=O) groups excluding carboxylic acids is 2. The Labute approximate surface area is 138 Å². The number of amides is 2. The number of nitrogens with zero attached hydrogens (tertiary/aromatic N) is 1. The molecule has 1 aliphatic rings. The maximum atomic E-state index is 12.3. The summed E-state index contributed by atoms with van der Waals surface area (Å²) in [4.78, 5) is 25.8. The summed E-state index contributed by atoms with van der Waals surface area (Å²) in [7, 11) is 0. The molecular formula is C19H26N2O2. The molecule has 4 heteroatoms. The van der Waals surface area contributed by atoms with Gasteiger partial charge in [-0.15, -0.1) is 0 Å². The lowest BCUT2D eigenvalue weighted by atomic mass is 9.97. The smallest absolute Gasteiger partial charge is 0.246 e. The van der Waals surface area contributed by atoms with E-state index in [9.17, 15) is 9.59 Å². The molecule has 1 aromatic carbocycles. The van der Waals surface area contributed by atoms with Crippen LogP contribution in [0.25, 0.3) is 6.08 Å². The van der Waals surface area contributed by atoms with Gasteiger partial charge in [-0.05, 0) is 36.8 Å². The number of hydrogen-bond acceptors (Lipinski definition) is 2. The van der Waals surface area contributed by atoms with Crippen molar-refractivity contribution >= 4 is 17.9 Å². The molecule has 1 fully saturated rings. The van der Waals surface area contributed by atoms with E-state index in [1.807, 2.05) is 48.2 Å². The highest BCUT2D eigenvalue weighted by Crippen LogP contribution is 2.16. The third-order valence-electron chi connectivity index (χ3n) is 4.11. The predicted molar refractivity (Wildman–Crippen MR) is 92.7 cm³/mol. The molecule has 0 aliphatic carbocycles. The van der Waals surface area contributed by atoms with Crippen molar-refractivity contribution in [3.63, 3.8) is 0 Å². The van der Waals surface area contributed by atoms with Crippen LogP contribution in [0, 0.1) is 5.92 Å². The summed E-state index contributed by atoms with van der Waals surface area (Å²) in [6.07, 6.45) is 7.01. The Morgan fingerprint density at radius 3 is 2.83 bits per heavy atom. The summed E-state index contributed by atoms with van der Waals surface area (Å²) in [6.45, 7) is 4.20. The zero-order chi connectivity index (χ0) is 16.5. The van der Waals surface area contributed by atoms with E-state index in [0.29, 0.717) is 18.9 Å². The molecule has 0 aromatic heterocycles. The van der Waals surface area contributed by atoms with Gasteiger partial charge in [-0.3, -0.25) is 9.59 Å². The molecule has 0 saturated carbocycles. The number of piperidine rings is 1. The summed E-state index contributed by atoms with van der Waals surface area (Å²) in [5, 5.41) is 2.98. The Morgan fingerprint density at radius 1 is 1.30 bits per heavy atom. The third-order valence-corrected chi connectivity index (χ3v) is 4.11. The van der Waals surface area contributed by atoms with Crippen LogP contribution in [0.15, 0.2) is 36.4 Å². The van der Waals surface area contributed by atoms with Gasteiger partial charge in [-0.2, -0.15) is 0 Å². The fraction of sp³-hybridized carbons (Fsp3) is 0.474. The van der Waals surface area contributed by atoms with Gasteiger partial charge in [0.25, 0.3) is 0 Å². The number of carbonyl (C=O) groups is 2. The minimum absolute atomic E-state index is 0.0541. The topological polar surface area (TPSA) is 49.4 Å². The first-order valence-corrected chi connectivity index (χ1v) is 8.47. The molecule has 1 aromatic rings. The maximum Gasteiger partial charge on any atom is 0.246 e. The largest absolute Gasteiger partial charge is 0.356 e. The Morgan fingerprint density at radius 2 is 2.09 bits per heavy atom. The zero-order valence-electron chi connectivity index (χ0n) is 13.8. The van der Waals surface area contributed by atoms with Gasteiger partial charge < -0.3 is 10.2 Å². The van der Waals surface area contributed by atoms with Gasteiger partial charge in [0.05, 0.1) is 0 Å². The second kappa shape index (κ2) is 9.13. The second-order valence-electron chi connectivity index (χ2n) is 6.09. The summed E-state index contributed by atoms with van der Waals surface area (Å²) in [6, 6.07) is 9.83. The van der Waals surface area contributed by atoms with Gasteiger partial charge >= 0.3 is 0 Å². The van der Waals surface area contributed by atoms with Crippen LogP contribution in [0.5, 0.6) is 0 Å². The van der Waals surface area contributed by atoms with E-state index >= 15 is 0 Å². The third kappa shape index (κ3) is 5.89. The molecule has 2 rings (SSSR count). The van der Waals surface area contributed by atoms with E-state index in [1.54, 1.807) is 6.08 Å². The summed E-state index contributed by atoms with van der Waals surface area (Å²) in [5.41, 5.74) is 1.03. The van der Waals surface area contributed by atoms with E-state index in [2.05, 4.69) is 5.32 Å². The van der Waals surface area contributed by atoms with Gasteiger partial charge in [-0.1, -0.05) is 37.3 Å². The lowest BCUT2D eigenvalue weighted by Gasteiger charge is -2.32. The Hall–Kier alpha value is -2.10. The Kier molecular flexibility index (Phi) is 6.85. The van der Waals surface area contributed by atoms with Crippen LogP contribution in [0.1, 0.15) is 38.2 Å². The Bertz CT molecular complexity index is 540. The number of likely N-dealkylation sites (tertiary alicyclic amines) is 1. The van der Waals surface area contributed by atoms with Gasteiger partial charge in [-0.25, -0.2) is 0 Å². The van der Waals surface area contributed by atoms with Gasteiger partial charge in [0.15, 0.2) is 0 Å². The molecule has 0 spiro atoms. The van der Waals surface area contributed by atoms with Crippen molar-refractivity contribution in [3.8, 4) is 0 Å².